The Hall–Kier alpha value is -1.63. The number of likely N-dealkylation sites (N-methyl/N-ethyl adjacent to an activating group) is 1. The Labute approximate surface area is 165 Å². The second-order valence-corrected chi connectivity index (χ2v) is 8.71. The Kier molecular flexibility index (Phi) is 6.40. The van der Waals surface area contributed by atoms with E-state index in [4.69, 9.17) is 14.2 Å². The summed E-state index contributed by atoms with van der Waals surface area (Å²) < 4.78 is 18.1. The van der Waals surface area contributed by atoms with E-state index >= 15 is 0 Å². The second kappa shape index (κ2) is 8.59. The lowest BCUT2D eigenvalue weighted by Crippen LogP contribution is -2.47. The molecule has 1 fully saturated rings. The number of likely N-dealkylation sites (tertiary alicyclic amines) is 1. The molecule has 1 saturated heterocycles. The highest BCUT2D eigenvalue weighted by molar-refractivity contribution is 7.20. The zero-order chi connectivity index (χ0) is 19.4. The van der Waals surface area contributed by atoms with E-state index in [9.17, 15) is 4.79 Å². The molecule has 0 bridgehead atoms. The quantitative estimate of drug-likeness (QED) is 0.528. The normalized spacial score (nSPS) is 23.2. The van der Waals surface area contributed by atoms with E-state index in [2.05, 4.69) is 7.05 Å². The maximum atomic E-state index is 13.2. The summed E-state index contributed by atoms with van der Waals surface area (Å²) in [7, 11) is 7.30. The number of benzene rings is 1. The monoisotopic (exact) mass is 392 g/mol. The Balaban J connectivity index is 1.77. The van der Waals surface area contributed by atoms with Crippen LogP contribution in [0.2, 0.25) is 0 Å². The molecule has 1 aliphatic heterocycles. The van der Waals surface area contributed by atoms with E-state index in [0.29, 0.717) is 11.5 Å². The van der Waals surface area contributed by atoms with Crippen LogP contribution in [-0.4, -0.2) is 64.9 Å². The van der Waals surface area contributed by atoms with Crippen LogP contribution in [0.25, 0.3) is 10.1 Å². The van der Waals surface area contributed by atoms with E-state index in [1.807, 2.05) is 18.2 Å². The molecule has 2 atom stereocenters. The Morgan fingerprint density at radius 3 is 2.56 bits per heavy atom. The molecule has 1 aliphatic rings. The van der Waals surface area contributed by atoms with Crippen molar-refractivity contribution >= 4 is 27.2 Å². The molecule has 0 amide bonds. The smallest absolute Gasteiger partial charge is 0.176 e. The number of Topliss-reactive ketones (excluding diaryl/α,β-unsaturated/α-hetero) is 1. The SMILES string of the molecule is COCC[N+]1(C)CCCC(C(=O)c2cc3cc(OC)c(OC)cc3s2)CC1. The van der Waals surface area contributed by atoms with E-state index in [0.717, 1.165) is 64.9 Å². The van der Waals surface area contributed by atoms with Gasteiger partial charge in [0.2, 0.25) is 0 Å². The first-order valence-electron chi connectivity index (χ1n) is 9.52. The summed E-state index contributed by atoms with van der Waals surface area (Å²) in [5.41, 5.74) is 0. The molecule has 1 aromatic carbocycles. The summed E-state index contributed by atoms with van der Waals surface area (Å²) in [5, 5.41) is 1.04. The summed E-state index contributed by atoms with van der Waals surface area (Å²) >= 11 is 1.56. The van der Waals surface area contributed by atoms with Crippen LogP contribution < -0.4 is 9.47 Å². The molecule has 0 spiro atoms. The minimum atomic E-state index is 0.115. The number of methoxy groups -OCH3 is 3. The van der Waals surface area contributed by atoms with E-state index in [-0.39, 0.29) is 11.7 Å². The van der Waals surface area contributed by atoms with Gasteiger partial charge in [-0.2, -0.15) is 0 Å². The van der Waals surface area contributed by atoms with Crippen LogP contribution in [0.4, 0.5) is 0 Å². The standard InChI is InChI=1S/C21H30NO4S/c1-22(10-11-24-2)8-5-6-15(7-9-22)21(23)20-13-16-12-17(25-3)18(26-4)14-19(16)27-20/h12-15H,5-11H2,1-4H3/q+1. The Bertz CT molecular complexity index is 762. The molecule has 27 heavy (non-hydrogen) atoms. The fraction of sp³-hybridized carbons (Fsp3) is 0.571. The van der Waals surface area contributed by atoms with Gasteiger partial charge in [-0.15, -0.1) is 11.3 Å². The number of hydrogen-bond acceptors (Lipinski definition) is 5. The minimum absolute atomic E-state index is 0.115. The van der Waals surface area contributed by atoms with Crippen molar-refractivity contribution in [3.8, 4) is 11.5 Å². The number of carbonyl (C=O) groups is 1. The van der Waals surface area contributed by atoms with Gasteiger partial charge in [0.1, 0.15) is 6.54 Å². The van der Waals surface area contributed by atoms with Crippen LogP contribution in [0, 0.1) is 5.92 Å². The molecule has 0 saturated carbocycles. The van der Waals surface area contributed by atoms with Gasteiger partial charge in [-0.1, -0.05) is 0 Å². The number of nitrogens with zero attached hydrogens (tertiary/aromatic N) is 1. The molecule has 0 radical (unpaired) electrons. The maximum Gasteiger partial charge on any atom is 0.176 e. The van der Waals surface area contributed by atoms with Crippen LogP contribution in [0.1, 0.15) is 28.9 Å². The summed E-state index contributed by atoms with van der Waals surface area (Å²) in [6.07, 6.45) is 3.00. The first-order valence-corrected chi connectivity index (χ1v) is 10.3. The Morgan fingerprint density at radius 1 is 1.11 bits per heavy atom. The van der Waals surface area contributed by atoms with Gasteiger partial charge in [0.15, 0.2) is 17.3 Å². The highest BCUT2D eigenvalue weighted by Gasteiger charge is 2.31. The van der Waals surface area contributed by atoms with Gasteiger partial charge in [-0.3, -0.25) is 4.79 Å². The lowest BCUT2D eigenvalue weighted by molar-refractivity contribution is -0.909. The fourth-order valence-electron chi connectivity index (χ4n) is 3.93. The number of hydrogen-bond donors (Lipinski definition) is 0. The molecule has 2 heterocycles. The van der Waals surface area contributed by atoms with Crippen LogP contribution in [-0.2, 0) is 4.74 Å². The number of ketones is 1. The van der Waals surface area contributed by atoms with Crippen LogP contribution >= 0.6 is 11.3 Å². The maximum absolute atomic E-state index is 13.2. The first kappa shape index (κ1) is 20.1. The molecule has 5 nitrogen and oxygen atoms in total. The highest BCUT2D eigenvalue weighted by atomic mass is 32.1. The topological polar surface area (TPSA) is 44.8 Å². The van der Waals surface area contributed by atoms with E-state index in [1.165, 1.54) is 0 Å². The van der Waals surface area contributed by atoms with Crippen LogP contribution in [0.15, 0.2) is 18.2 Å². The molecule has 1 aromatic heterocycles. The zero-order valence-corrected chi connectivity index (χ0v) is 17.6. The molecular weight excluding hydrogens is 362 g/mol. The molecule has 6 heteroatoms. The van der Waals surface area contributed by atoms with Crippen molar-refractivity contribution in [3.05, 3.63) is 23.1 Å². The lowest BCUT2D eigenvalue weighted by Gasteiger charge is -2.33. The molecule has 2 unspecified atom stereocenters. The van der Waals surface area contributed by atoms with Gasteiger partial charge in [0.25, 0.3) is 0 Å². The predicted molar refractivity (Wildman–Crippen MR) is 109 cm³/mol. The van der Waals surface area contributed by atoms with Crippen molar-refractivity contribution in [2.24, 2.45) is 5.92 Å². The number of carbonyl (C=O) groups excluding carboxylic acids is 1. The number of thiophene rings is 1. The predicted octanol–water partition coefficient (Wildman–Crippen LogP) is 3.99. The Morgan fingerprint density at radius 2 is 1.85 bits per heavy atom. The van der Waals surface area contributed by atoms with Crippen molar-refractivity contribution < 1.29 is 23.5 Å². The minimum Gasteiger partial charge on any atom is -0.493 e. The van der Waals surface area contributed by atoms with Gasteiger partial charge in [-0.05, 0) is 30.4 Å². The number of fused-ring (bicyclic) bond motifs is 1. The second-order valence-electron chi connectivity index (χ2n) is 7.63. The van der Waals surface area contributed by atoms with Gasteiger partial charge in [0, 0.05) is 30.2 Å². The molecule has 2 aromatic rings. The molecule has 3 rings (SSSR count). The first-order chi connectivity index (χ1) is 13.0. The zero-order valence-electron chi connectivity index (χ0n) is 16.7. The molecule has 0 N–H and O–H groups in total. The van der Waals surface area contributed by atoms with Crippen LogP contribution in [0.3, 0.4) is 0 Å². The van der Waals surface area contributed by atoms with Crippen molar-refractivity contribution in [1.82, 2.24) is 0 Å². The average molecular weight is 393 g/mol. The largest absolute Gasteiger partial charge is 0.493 e. The third-order valence-corrected chi connectivity index (χ3v) is 6.85. The van der Waals surface area contributed by atoms with Gasteiger partial charge in [0.05, 0.1) is 45.8 Å². The van der Waals surface area contributed by atoms with E-state index < -0.39 is 0 Å². The van der Waals surface area contributed by atoms with Crippen LogP contribution in [0.5, 0.6) is 11.5 Å². The summed E-state index contributed by atoms with van der Waals surface area (Å²) in [5.74, 6) is 1.80. The van der Waals surface area contributed by atoms with Crippen molar-refractivity contribution in [1.29, 1.82) is 0 Å². The van der Waals surface area contributed by atoms with Crippen molar-refractivity contribution in [2.45, 2.75) is 19.3 Å². The highest BCUT2D eigenvalue weighted by Crippen LogP contribution is 2.37. The van der Waals surface area contributed by atoms with Gasteiger partial charge >= 0.3 is 0 Å². The van der Waals surface area contributed by atoms with Crippen molar-refractivity contribution in [2.75, 3.05) is 54.6 Å². The van der Waals surface area contributed by atoms with Crippen molar-refractivity contribution in [3.63, 3.8) is 0 Å². The molecular formula is C21H30NO4S+. The molecule has 148 valence electrons. The summed E-state index contributed by atoms with van der Waals surface area (Å²) in [4.78, 5) is 14.0. The molecule has 0 aliphatic carbocycles. The van der Waals surface area contributed by atoms with E-state index in [1.54, 1.807) is 32.7 Å². The third-order valence-electron chi connectivity index (χ3n) is 5.74. The summed E-state index contributed by atoms with van der Waals surface area (Å²) in [6, 6.07) is 5.92. The lowest BCUT2D eigenvalue weighted by atomic mass is 9.94. The number of ether oxygens (including phenoxy) is 3. The van der Waals surface area contributed by atoms with Gasteiger partial charge < -0.3 is 18.7 Å². The third kappa shape index (κ3) is 4.45. The fourth-order valence-corrected chi connectivity index (χ4v) is 5.02. The summed E-state index contributed by atoms with van der Waals surface area (Å²) in [6.45, 7) is 3.94. The average Bonchev–Trinajstić information content (AvgIpc) is 3.00. The van der Waals surface area contributed by atoms with Gasteiger partial charge in [-0.25, -0.2) is 0 Å². The number of rotatable bonds is 7. The number of quaternary nitrogens is 1.